The van der Waals surface area contributed by atoms with Crippen molar-refractivity contribution < 1.29 is 0 Å². The molecule has 0 spiro atoms. The highest BCUT2D eigenvalue weighted by Gasteiger charge is 2.41. The fourth-order valence-electron chi connectivity index (χ4n) is 5.15. The molecule has 1 aliphatic heterocycles. The summed E-state index contributed by atoms with van der Waals surface area (Å²) in [7, 11) is 0. The Morgan fingerprint density at radius 2 is 1.22 bits per heavy atom. The number of hydrogen-bond donors (Lipinski definition) is 0. The lowest BCUT2D eigenvalue weighted by molar-refractivity contribution is -0.140. The molecule has 27 heavy (non-hydrogen) atoms. The second kappa shape index (κ2) is 9.03. The molecule has 1 saturated carbocycles. The van der Waals surface area contributed by atoms with Crippen molar-refractivity contribution in [3.8, 4) is 0 Å². The third kappa shape index (κ3) is 4.62. The van der Waals surface area contributed by atoms with E-state index < -0.39 is 0 Å². The zero-order valence-corrected chi connectivity index (χ0v) is 16.7. The van der Waals surface area contributed by atoms with Crippen LogP contribution in [0.5, 0.6) is 0 Å². The molecule has 2 fully saturated rings. The van der Waals surface area contributed by atoms with E-state index in [-0.39, 0.29) is 5.54 Å². The average molecular weight is 363 g/mol. The Morgan fingerprint density at radius 1 is 0.667 bits per heavy atom. The van der Waals surface area contributed by atoms with Crippen LogP contribution in [-0.2, 0) is 13.0 Å². The summed E-state index contributed by atoms with van der Waals surface area (Å²) in [5, 5.41) is 5.53. The first-order chi connectivity index (χ1) is 13.4. The predicted molar refractivity (Wildman–Crippen MR) is 113 cm³/mol. The Bertz CT molecular complexity index is 670. The average Bonchev–Trinajstić information content (AvgIpc) is 2.75. The van der Waals surface area contributed by atoms with Crippen molar-refractivity contribution >= 4 is 0 Å². The molecule has 4 rings (SSSR count). The highest BCUT2D eigenvalue weighted by atomic mass is 15.6. The van der Waals surface area contributed by atoms with E-state index >= 15 is 0 Å². The van der Waals surface area contributed by atoms with Crippen LogP contribution in [0.2, 0.25) is 0 Å². The zero-order chi connectivity index (χ0) is 18.4. The van der Waals surface area contributed by atoms with Crippen LogP contribution in [0.25, 0.3) is 0 Å². The number of nitrogens with zero attached hydrogens (tertiary/aromatic N) is 2. The van der Waals surface area contributed by atoms with Gasteiger partial charge in [-0.25, -0.2) is 10.0 Å². The number of benzene rings is 2. The van der Waals surface area contributed by atoms with Crippen LogP contribution in [0.15, 0.2) is 60.7 Å². The summed E-state index contributed by atoms with van der Waals surface area (Å²) >= 11 is 0. The summed E-state index contributed by atoms with van der Waals surface area (Å²) in [6, 6.07) is 22.3. The maximum atomic E-state index is 2.81. The number of piperidine rings is 1. The van der Waals surface area contributed by atoms with Crippen LogP contribution >= 0.6 is 0 Å². The van der Waals surface area contributed by atoms with Gasteiger partial charge in [-0.2, -0.15) is 0 Å². The normalized spacial score (nSPS) is 20.6. The van der Waals surface area contributed by atoms with Gasteiger partial charge >= 0.3 is 0 Å². The maximum absolute atomic E-state index is 2.81. The minimum Gasteiger partial charge on any atom is -0.241 e. The fraction of sp³-hybridized carbons (Fsp3) is 0.520. The second-order valence-corrected chi connectivity index (χ2v) is 8.50. The molecule has 2 heteroatoms. The second-order valence-electron chi connectivity index (χ2n) is 8.50. The van der Waals surface area contributed by atoms with Crippen LogP contribution in [0.3, 0.4) is 0 Å². The summed E-state index contributed by atoms with van der Waals surface area (Å²) in [4.78, 5) is 0. The number of hydrogen-bond acceptors (Lipinski definition) is 2. The molecule has 2 aromatic carbocycles. The quantitative estimate of drug-likeness (QED) is 0.637. The van der Waals surface area contributed by atoms with E-state index in [9.17, 15) is 0 Å². The molecule has 0 bridgehead atoms. The van der Waals surface area contributed by atoms with Crippen molar-refractivity contribution in [2.24, 2.45) is 0 Å². The van der Waals surface area contributed by atoms with Gasteiger partial charge in [0.25, 0.3) is 0 Å². The van der Waals surface area contributed by atoms with Gasteiger partial charge in [0.2, 0.25) is 0 Å². The van der Waals surface area contributed by atoms with Crippen molar-refractivity contribution in [1.29, 1.82) is 0 Å². The number of hydrazine groups is 1. The molecule has 0 unspecified atom stereocenters. The summed E-state index contributed by atoms with van der Waals surface area (Å²) < 4.78 is 0. The van der Waals surface area contributed by atoms with Gasteiger partial charge in [-0.1, -0.05) is 86.3 Å². The summed E-state index contributed by atoms with van der Waals surface area (Å²) in [5.74, 6) is 0. The minimum atomic E-state index is 0.271. The Morgan fingerprint density at radius 3 is 1.85 bits per heavy atom. The third-order valence-corrected chi connectivity index (χ3v) is 6.56. The summed E-state index contributed by atoms with van der Waals surface area (Å²) in [6.07, 6.45) is 12.0. The smallest absolute Gasteiger partial charge is 0.0400 e. The van der Waals surface area contributed by atoms with Crippen LogP contribution in [-0.4, -0.2) is 28.6 Å². The molecule has 0 radical (unpaired) electrons. The third-order valence-electron chi connectivity index (χ3n) is 6.56. The molecule has 1 aliphatic carbocycles. The Balaban J connectivity index is 1.66. The van der Waals surface area contributed by atoms with Crippen molar-refractivity contribution in [1.82, 2.24) is 10.0 Å². The van der Waals surface area contributed by atoms with E-state index in [2.05, 4.69) is 70.7 Å². The Labute approximate surface area is 165 Å². The molecule has 0 atom stereocenters. The predicted octanol–water partition coefficient (Wildman–Crippen LogP) is 5.84. The van der Waals surface area contributed by atoms with Crippen molar-refractivity contribution in [2.75, 3.05) is 13.1 Å². The lowest BCUT2D eigenvalue weighted by Crippen LogP contribution is -2.59. The molecule has 144 valence electrons. The molecular weight excluding hydrogens is 328 g/mol. The van der Waals surface area contributed by atoms with Gasteiger partial charge in [-0.3, -0.25) is 0 Å². The molecular formula is C25H34N2. The van der Waals surface area contributed by atoms with E-state index in [0.717, 1.165) is 6.54 Å². The topological polar surface area (TPSA) is 6.48 Å². The highest BCUT2D eigenvalue weighted by molar-refractivity contribution is 5.20. The van der Waals surface area contributed by atoms with Crippen LogP contribution in [0.1, 0.15) is 62.5 Å². The number of rotatable bonds is 6. The van der Waals surface area contributed by atoms with Crippen LogP contribution < -0.4 is 0 Å². The molecule has 0 aromatic heterocycles. The van der Waals surface area contributed by atoms with Crippen LogP contribution in [0, 0.1) is 0 Å². The standard InChI is InChI=1S/C25H34N2/c1-5-13-23(14-6-1)21-25(17-9-3-10-18-25)27(26-19-11-4-12-20-26)22-24-15-7-2-8-16-24/h1-2,5-8,13-16H,3-4,9-12,17-22H2. The highest BCUT2D eigenvalue weighted by Crippen LogP contribution is 2.39. The Kier molecular flexibility index (Phi) is 6.26. The molecule has 0 N–H and O–H groups in total. The lowest BCUT2D eigenvalue weighted by atomic mass is 9.76. The Hall–Kier alpha value is -1.64. The van der Waals surface area contributed by atoms with Gasteiger partial charge < -0.3 is 0 Å². The van der Waals surface area contributed by atoms with E-state index in [1.807, 2.05) is 0 Å². The van der Waals surface area contributed by atoms with Crippen molar-refractivity contribution in [3.05, 3.63) is 71.8 Å². The van der Waals surface area contributed by atoms with Gasteiger partial charge in [-0.15, -0.1) is 0 Å². The molecule has 1 heterocycles. The lowest BCUT2D eigenvalue weighted by Gasteiger charge is -2.52. The van der Waals surface area contributed by atoms with Crippen LogP contribution in [0.4, 0.5) is 0 Å². The first-order valence-electron chi connectivity index (χ1n) is 11.0. The monoisotopic (exact) mass is 362 g/mol. The maximum Gasteiger partial charge on any atom is 0.0400 e. The first-order valence-corrected chi connectivity index (χ1v) is 11.0. The molecule has 1 saturated heterocycles. The van der Waals surface area contributed by atoms with Crippen molar-refractivity contribution in [2.45, 2.75) is 69.9 Å². The molecule has 0 amide bonds. The van der Waals surface area contributed by atoms with Gasteiger partial charge in [0, 0.05) is 25.2 Å². The van der Waals surface area contributed by atoms with E-state index in [0.29, 0.717) is 0 Å². The fourth-order valence-corrected chi connectivity index (χ4v) is 5.15. The molecule has 2 nitrogen and oxygen atoms in total. The molecule has 2 aliphatic rings. The van der Waals surface area contributed by atoms with E-state index in [4.69, 9.17) is 0 Å². The van der Waals surface area contributed by atoms with E-state index in [1.54, 1.807) is 0 Å². The van der Waals surface area contributed by atoms with Gasteiger partial charge in [0.05, 0.1) is 0 Å². The zero-order valence-electron chi connectivity index (χ0n) is 16.7. The van der Waals surface area contributed by atoms with Crippen molar-refractivity contribution in [3.63, 3.8) is 0 Å². The van der Waals surface area contributed by atoms with E-state index in [1.165, 1.54) is 82.0 Å². The minimum absolute atomic E-state index is 0.271. The summed E-state index contributed by atoms with van der Waals surface area (Å²) in [6.45, 7) is 3.50. The SMILES string of the molecule is c1ccc(CN(N2CCCCC2)C2(Cc3ccccc3)CCCCC2)cc1. The molecule has 2 aromatic rings. The largest absolute Gasteiger partial charge is 0.241 e. The first kappa shape index (κ1) is 18.7. The van der Waals surface area contributed by atoms with Gasteiger partial charge in [-0.05, 0) is 43.2 Å². The van der Waals surface area contributed by atoms with Gasteiger partial charge in [0.1, 0.15) is 0 Å². The summed E-state index contributed by atoms with van der Waals surface area (Å²) in [5.41, 5.74) is 3.21. The van der Waals surface area contributed by atoms with Gasteiger partial charge in [0.15, 0.2) is 0 Å².